The highest BCUT2D eigenvalue weighted by atomic mass is 32.3. The highest BCUT2D eigenvalue weighted by molar-refractivity contribution is 8.23. The number of unbranched alkanes of at least 4 members (excludes halogenated alkanes) is 1. The lowest BCUT2D eigenvalue weighted by Gasteiger charge is -2.34. The molecule has 152 valence electrons. The minimum atomic E-state index is -3.34. The van der Waals surface area contributed by atoms with Gasteiger partial charge >= 0.3 is 0 Å². The van der Waals surface area contributed by atoms with Crippen LogP contribution >= 0.6 is 10.8 Å². The number of rotatable bonds is 5. The van der Waals surface area contributed by atoms with Crippen molar-refractivity contribution in [2.45, 2.75) is 31.2 Å². The Morgan fingerprint density at radius 3 is 2.79 bits per heavy atom. The minimum Gasteiger partial charge on any atom is -0.387 e. The summed E-state index contributed by atoms with van der Waals surface area (Å²) in [7, 11) is -1.61. The molecule has 3 heterocycles. The van der Waals surface area contributed by atoms with E-state index in [0.717, 1.165) is 12.8 Å². The van der Waals surface area contributed by atoms with Gasteiger partial charge in [0.2, 0.25) is 0 Å². The summed E-state index contributed by atoms with van der Waals surface area (Å²) < 4.78 is 27.1. The first-order valence-electron chi connectivity index (χ1n) is 9.41. The van der Waals surface area contributed by atoms with Crippen LogP contribution in [0.1, 0.15) is 25.3 Å². The fourth-order valence-corrected chi connectivity index (χ4v) is 4.65. The molecule has 0 spiro atoms. The summed E-state index contributed by atoms with van der Waals surface area (Å²) in [6.07, 6.45) is 3.41. The van der Waals surface area contributed by atoms with Crippen LogP contribution in [0.2, 0.25) is 0 Å². The molecule has 0 bridgehead atoms. The van der Waals surface area contributed by atoms with E-state index in [4.69, 9.17) is 0 Å². The first kappa shape index (κ1) is 19.4. The van der Waals surface area contributed by atoms with Gasteiger partial charge in [0.1, 0.15) is 10.5 Å². The predicted molar refractivity (Wildman–Crippen MR) is 118 cm³/mol. The van der Waals surface area contributed by atoms with Crippen molar-refractivity contribution in [3.63, 3.8) is 0 Å². The maximum Gasteiger partial charge on any atom is 0.254 e. The van der Waals surface area contributed by atoms with Crippen LogP contribution in [0.5, 0.6) is 0 Å². The summed E-state index contributed by atoms with van der Waals surface area (Å²) in [6, 6.07) is 10.3. The summed E-state index contributed by atoms with van der Waals surface area (Å²) in [6.45, 7) is 2.63. The number of hydrogen-bond donors (Lipinski definition) is 4. The van der Waals surface area contributed by atoms with Gasteiger partial charge in [-0.1, -0.05) is 36.3 Å². The summed E-state index contributed by atoms with van der Waals surface area (Å²) >= 11 is 0. The molecule has 8 nitrogen and oxygen atoms in total. The van der Waals surface area contributed by atoms with Crippen LogP contribution < -0.4 is 16.2 Å². The predicted octanol–water partition coefficient (Wildman–Crippen LogP) is 4.14. The van der Waals surface area contributed by atoms with Gasteiger partial charge in [0.05, 0.1) is 16.8 Å². The van der Waals surface area contributed by atoms with E-state index in [2.05, 4.69) is 26.9 Å². The van der Waals surface area contributed by atoms with Crippen LogP contribution in [0, 0.1) is 0 Å². The Morgan fingerprint density at radius 1 is 1.24 bits per heavy atom. The second kappa shape index (κ2) is 7.51. The second-order valence-electron chi connectivity index (χ2n) is 6.79. The monoisotopic (exact) mass is 413 g/mol. The number of amidine groups is 1. The van der Waals surface area contributed by atoms with Crippen LogP contribution in [0.3, 0.4) is 0 Å². The molecule has 2 aromatic heterocycles. The zero-order chi connectivity index (χ0) is 20.6. The number of benzene rings is 1. The van der Waals surface area contributed by atoms with Crippen LogP contribution in [-0.4, -0.2) is 31.5 Å². The summed E-state index contributed by atoms with van der Waals surface area (Å²) in [4.78, 5) is 17.5. The quantitative estimate of drug-likeness (QED) is 0.500. The molecule has 0 saturated carbocycles. The zero-order valence-electron chi connectivity index (χ0n) is 16.2. The zero-order valence-corrected chi connectivity index (χ0v) is 17.0. The lowest BCUT2D eigenvalue weighted by atomic mass is 10.1. The smallest absolute Gasteiger partial charge is 0.254 e. The SMILES string of the molecule is CCCCn1c(=O)cc(NC)c2c(C3=NS(O)(O)c4ccccc4N3)ccnc21. The minimum absolute atomic E-state index is 0.131. The normalized spacial score (nSPS) is 15.9. The number of nitrogens with zero attached hydrogens (tertiary/aromatic N) is 3. The van der Waals surface area contributed by atoms with Gasteiger partial charge in [-0.05, 0) is 24.6 Å². The molecular formula is C20H23N5O3S. The highest BCUT2D eigenvalue weighted by Gasteiger charge is 2.27. The van der Waals surface area contributed by atoms with E-state index in [0.29, 0.717) is 45.2 Å². The van der Waals surface area contributed by atoms with Gasteiger partial charge < -0.3 is 10.6 Å². The van der Waals surface area contributed by atoms with Gasteiger partial charge in [0.15, 0.2) is 5.84 Å². The van der Waals surface area contributed by atoms with Crippen molar-refractivity contribution in [2.75, 3.05) is 17.7 Å². The molecule has 9 heteroatoms. The average Bonchev–Trinajstić information content (AvgIpc) is 2.71. The highest BCUT2D eigenvalue weighted by Crippen LogP contribution is 2.55. The van der Waals surface area contributed by atoms with Gasteiger partial charge in [0, 0.05) is 31.4 Å². The van der Waals surface area contributed by atoms with E-state index >= 15 is 0 Å². The van der Waals surface area contributed by atoms with Crippen LogP contribution in [0.25, 0.3) is 11.0 Å². The molecule has 0 amide bonds. The maximum absolute atomic E-state index is 12.6. The molecular weight excluding hydrogens is 390 g/mol. The van der Waals surface area contributed by atoms with Crippen molar-refractivity contribution >= 4 is 39.0 Å². The third-order valence-electron chi connectivity index (χ3n) is 4.90. The first-order chi connectivity index (χ1) is 14.0. The van der Waals surface area contributed by atoms with E-state index in [1.807, 2.05) is 6.07 Å². The lowest BCUT2D eigenvalue weighted by Crippen LogP contribution is -2.25. The molecule has 1 aliphatic rings. The van der Waals surface area contributed by atoms with E-state index in [1.165, 1.54) is 0 Å². The van der Waals surface area contributed by atoms with Crippen molar-refractivity contribution in [3.05, 3.63) is 58.5 Å². The number of aryl methyl sites for hydroxylation is 1. The van der Waals surface area contributed by atoms with Crippen molar-refractivity contribution in [1.82, 2.24) is 9.55 Å². The summed E-state index contributed by atoms with van der Waals surface area (Å²) in [5.41, 5.74) is 2.24. The molecule has 3 aromatic rings. The second-order valence-corrected chi connectivity index (χ2v) is 8.45. The molecule has 0 radical (unpaired) electrons. The third kappa shape index (κ3) is 3.37. The van der Waals surface area contributed by atoms with E-state index < -0.39 is 10.8 Å². The Balaban J connectivity index is 1.96. The van der Waals surface area contributed by atoms with Crippen molar-refractivity contribution < 1.29 is 9.11 Å². The topological polar surface area (TPSA) is 112 Å². The first-order valence-corrected chi connectivity index (χ1v) is 10.9. The molecule has 0 atom stereocenters. The third-order valence-corrected chi connectivity index (χ3v) is 6.29. The molecule has 0 fully saturated rings. The van der Waals surface area contributed by atoms with Crippen LogP contribution in [-0.2, 0) is 6.54 Å². The van der Waals surface area contributed by atoms with E-state index in [-0.39, 0.29) is 5.56 Å². The van der Waals surface area contributed by atoms with Gasteiger partial charge in [-0.3, -0.25) is 18.5 Å². The number of pyridine rings is 2. The number of para-hydroxylation sites is 1. The molecule has 1 aromatic carbocycles. The number of hydrogen-bond acceptors (Lipinski definition) is 7. The Morgan fingerprint density at radius 2 is 2.03 bits per heavy atom. The lowest BCUT2D eigenvalue weighted by molar-refractivity contribution is 0.489. The summed E-state index contributed by atoms with van der Waals surface area (Å²) in [5, 5.41) is 6.96. The fourth-order valence-electron chi connectivity index (χ4n) is 3.48. The van der Waals surface area contributed by atoms with E-state index in [9.17, 15) is 13.9 Å². The molecule has 4 rings (SSSR count). The molecule has 1 aliphatic heterocycles. The summed E-state index contributed by atoms with van der Waals surface area (Å²) in [5.74, 6) is 0.327. The number of fused-ring (bicyclic) bond motifs is 2. The largest absolute Gasteiger partial charge is 0.387 e. The molecule has 0 aliphatic carbocycles. The number of anilines is 2. The Hall–Kier alpha value is -2.88. The van der Waals surface area contributed by atoms with Crippen molar-refractivity contribution in [2.24, 2.45) is 4.40 Å². The molecule has 4 N–H and O–H groups in total. The van der Waals surface area contributed by atoms with Crippen molar-refractivity contribution in [1.29, 1.82) is 0 Å². The van der Waals surface area contributed by atoms with Gasteiger partial charge in [-0.15, -0.1) is 4.40 Å². The number of aromatic nitrogens is 2. The van der Waals surface area contributed by atoms with Gasteiger partial charge in [-0.25, -0.2) is 4.98 Å². The molecule has 0 saturated heterocycles. The van der Waals surface area contributed by atoms with Crippen LogP contribution in [0.15, 0.2) is 56.7 Å². The standard InChI is InChI=1S/C20H23N5O3S/c1-3-4-11-25-17(26)12-15(21-2)18-13(9-10-22-20(18)25)19-23-14-7-5-6-8-16(14)29(27,28)24-19/h5-10,12,21,27-28H,3-4,11H2,1-2H3,(H,23,24). The average molecular weight is 414 g/mol. The van der Waals surface area contributed by atoms with Crippen LogP contribution in [0.4, 0.5) is 11.4 Å². The fraction of sp³-hybridized carbons (Fsp3) is 0.250. The Kier molecular flexibility index (Phi) is 5.03. The molecule has 0 unspecified atom stereocenters. The Labute approximate surface area is 169 Å². The maximum atomic E-state index is 12.6. The van der Waals surface area contributed by atoms with Gasteiger partial charge in [0.25, 0.3) is 5.56 Å². The van der Waals surface area contributed by atoms with Crippen molar-refractivity contribution in [3.8, 4) is 0 Å². The number of nitrogens with one attached hydrogen (secondary N) is 2. The van der Waals surface area contributed by atoms with E-state index in [1.54, 1.807) is 48.1 Å². The molecule has 29 heavy (non-hydrogen) atoms. The van der Waals surface area contributed by atoms with Gasteiger partial charge in [-0.2, -0.15) is 0 Å². The Bertz CT molecular complexity index is 1170.